The van der Waals surface area contributed by atoms with Gasteiger partial charge in [-0.15, -0.1) is 0 Å². The lowest BCUT2D eigenvalue weighted by Crippen LogP contribution is -2.65. The first-order chi connectivity index (χ1) is 15.1. The normalized spacial score (nSPS) is 52.4. The highest BCUT2D eigenvalue weighted by Crippen LogP contribution is 2.75. The van der Waals surface area contributed by atoms with Crippen LogP contribution in [0.25, 0.3) is 0 Å². The number of aliphatic hydroxyl groups is 1. The zero-order chi connectivity index (χ0) is 24.2. The lowest BCUT2D eigenvalue weighted by molar-refractivity contribution is -0.205. The monoisotopic (exact) mass is 456 g/mol. The van der Waals surface area contributed by atoms with Gasteiger partial charge in [-0.05, 0) is 109 Å². The number of carboxylic acids is 1. The molecule has 8 atom stereocenters. The van der Waals surface area contributed by atoms with Crippen LogP contribution in [0.3, 0.4) is 0 Å². The summed E-state index contributed by atoms with van der Waals surface area (Å²) in [5.74, 6) is 0.807. The molecule has 0 radical (unpaired) electrons. The van der Waals surface area contributed by atoms with Crippen LogP contribution in [0, 0.1) is 50.2 Å². The number of hydrogen-bond acceptors (Lipinski definition) is 2. The fraction of sp³-hybridized carbons (Fsp3) is 0.900. The molecule has 5 rings (SSSR count). The Balaban J connectivity index is 1.60. The van der Waals surface area contributed by atoms with Crippen LogP contribution in [0.5, 0.6) is 0 Å². The first kappa shape index (κ1) is 23.9. The number of rotatable bonds is 1. The molecular formula is C30H48O3. The maximum absolute atomic E-state index is 12.8. The van der Waals surface area contributed by atoms with E-state index in [0.29, 0.717) is 11.8 Å². The lowest BCUT2D eigenvalue weighted by Gasteiger charge is -2.71. The van der Waals surface area contributed by atoms with Crippen LogP contribution in [0.4, 0.5) is 0 Å². The third kappa shape index (κ3) is 2.87. The van der Waals surface area contributed by atoms with Crippen LogP contribution in [0.1, 0.15) is 113 Å². The van der Waals surface area contributed by atoms with E-state index in [1.807, 2.05) is 0 Å². The summed E-state index contributed by atoms with van der Waals surface area (Å²) in [7, 11) is 0. The second-order valence-electron chi connectivity index (χ2n) is 15.1. The predicted molar refractivity (Wildman–Crippen MR) is 133 cm³/mol. The molecule has 0 aliphatic heterocycles. The molecule has 4 fully saturated rings. The maximum Gasteiger partial charge on any atom is 0.310 e. The standard InChI is InChI=1S/C30H48O3/c1-25(2)14-16-30(24(32)33)17-15-28(6)19(20(30)18-25)8-9-22-27(5)12-11-23(31)26(3,4)21(27)10-13-29(22,28)7/h8,20-23,31H,9-18H2,1-7H3,(H,32,33)/t20-,21-,22-,23+,27+,28+,29-,30+/m1/s1. The molecule has 3 nitrogen and oxygen atoms in total. The van der Waals surface area contributed by atoms with Gasteiger partial charge in [-0.1, -0.05) is 60.1 Å². The van der Waals surface area contributed by atoms with Crippen molar-refractivity contribution in [3.63, 3.8) is 0 Å². The van der Waals surface area contributed by atoms with Gasteiger partial charge in [0, 0.05) is 0 Å². The minimum Gasteiger partial charge on any atom is -0.481 e. The molecule has 0 aromatic rings. The molecule has 3 heteroatoms. The molecule has 5 aliphatic rings. The second-order valence-corrected chi connectivity index (χ2v) is 15.1. The van der Waals surface area contributed by atoms with E-state index in [-0.39, 0.29) is 39.1 Å². The third-order valence-corrected chi connectivity index (χ3v) is 13.0. The predicted octanol–water partition coefficient (Wildman–Crippen LogP) is 7.23. The summed E-state index contributed by atoms with van der Waals surface area (Å²) in [6.45, 7) is 16.9. The number of carbonyl (C=O) groups is 1. The van der Waals surface area contributed by atoms with Crippen LogP contribution in [0.2, 0.25) is 0 Å². The van der Waals surface area contributed by atoms with E-state index in [1.54, 1.807) is 0 Å². The molecule has 0 aromatic heterocycles. The number of allylic oxidation sites excluding steroid dienone is 2. The van der Waals surface area contributed by atoms with Crippen molar-refractivity contribution in [3.05, 3.63) is 11.6 Å². The largest absolute Gasteiger partial charge is 0.481 e. The van der Waals surface area contributed by atoms with Gasteiger partial charge in [0.15, 0.2) is 0 Å². The van der Waals surface area contributed by atoms with E-state index < -0.39 is 11.4 Å². The van der Waals surface area contributed by atoms with E-state index in [1.165, 1.54) is 18.4 Å². The van der Waals surface area contributed by atoms with E-state index in [9.17, 15) is 15.0 Å². The van der Waals surface area contributed by atoms with Gasteiger partial charge in [0.1, 0.15) is 0 Å². The van der Waals surface area contributed by atoms with Gasteiger partial charge in [0.2, 0.25) is 0 Å². The van der Waals surface area contributed by atoms with Gasteiger partial charge in [0.25, 0.3) is 0 Å². The highest BCUT2D eigenvalue weighted by Gasteiger charge is 2.69. The SMILES string of the molecule is CC1(C)CC[C@]2(C(=O)O)CC[C@@]3(C)C(=CC[C@@H]4[C@@]5(C)CC[C@H](O)C(C)(C)[C@H]5CC[C@]43C)[C@H]2C1. The molecule has 2 N–H and O–H groups in total. The molecule has 0 saturated heterocycles. The number of fused-ring (bicyclic) bond motifs is 7. The van der Waals surface area contributed by atoms with Crippen molar-refractivity contribution in [3.8, 4) is 0 Å². The van der Waals surface area contributed by atoms with E-state index in [2.05, 4.69) is 54.5 Å². The van der Waals surface area contributed by atoms with Crippen molar-refractivity contribution in [2.75, 3.05) is 0 Å². The highest BCUT2D eigenvalue weighted by atomic mass is 16.4. The first-order valence-electron chi connectivity index (χ1n) is 13.8. The summed E-state index contributed by atoms with van der Waals surface area (Å²) in [5.41, 5.74) is 1.68. The van der Waals surface area contributed by atoms with Gasteiger partial charge in [-0.2, -0.15) is 0 Å². The molecule has 0 spiro atoms. The van der Waals surface area contributed by atoms with E-state index >= 15 is 0 Å². The Labute approximate surface area is 201 Å². The third-order valence-electron chi connectivity index (χ3n) is 13.0. The van der Waals surface area contributed by atoms with Crippen molar-refractivity contribution >= 4 is 5.97 Å². The Bertz CT molecular complexity index is 885. The second kappa shape index (κ2) is 6.89. The summed E-state index contributed by atoms with van der Waals surface area (Å²) in [5, 5.41) is 21.4. The molecular weight excluding hydrogens is 408 g/mol. The van der Waals surface area contributed by atoms with Gasteiger partial charge in [0.05, 0.1) is 11.5 Å². The van der Waals surface area contributed by atoms with Crippen molar-refractivity contribution in [2.24, 2.45) is 50.2 Å². The van der Waals surface area contributed by atoms with Crippen LogP contribution < -0.4 is 0 Å². The van der Waals surface area contributed by atoms with Crippen molar-refractivity contribution < 1.29 is 15.0 Å². The summed E-state index contributed by atoms with van der Waals surface area (Å²) in [4.78, 5) is 12.8. The van der Waals surface area contributed by atoms with E-state index in [0.717, 1.165) is 51.4 Å². The average Bonchev–Trinajstić information content (AvgIpc) is 2.71. The first-order valence-corrected chi connectivity index (χ1v) is 13.8. The summed E-state index contributed by atoms with van der Waals surface area (Å²) < 4.78 is 0. The zero-order valence-electron chi connectivity index (χ0n) is 22.3. The Hall–Kier alpha value is -0.830. The molecule has 0 heterocycles. The molecule has 33 heavy (non-hydrogen) atoms. The summed E-state index contributed by atoms with van der Waals surface area (Å²) in [6.07, 6.45) is 12.6. The van der Waals surface area contributed by atoms with Crippen LogP contribution in [0.15, 0.2) is 11.6 Å². The van der Waals surface area contributed by atoms with E-state index in [4.69, 9.17) is 0 Å². The minimum atomic E-state index is -0.553. The van der Waals surface area contributed by atoms with Gasteiger partial charge >= 0.3 is 5.97 Å². The Morgan fingerprint density at radius 2 is 1.55 bits per heavy atom. The average molecular weight is 457 g/mol. The van der Waals surface area contributed by atoms with Gasteiger partial charge < -0.3 is 10.2 Å². The van der Waals surface area contributed by atoms with Crippen LogP contribution in [-0.4, -0.2) is 22.3 Å². The fourth-order valence-corrected chi connectivity index (χ4v) is 10.6. The highest BCUT2D eigenvalue weighted by molar-refractivity contribution is 5.76. The van der Waals surface area contributed by atoms with Gasteiger partial charge in [-0.25, -0.2) is 0 Å². The fourth-order valence-electron chi connectivity index (χ4n) is 10.6. The molecule has 0 bridgehead atoms. The molecule has 0 unspecified atom stereocenters. The van der Waals surface area contributed by atoms with Crippen molar-refractivity contribution in [2.45, 2.75) is 119 Å². The van der Waals surface area contributed by atoms with Crippen molar-refractivity contribution in [1.29, 1.82) is 0 Å². The molecule has 186 valence electrons. The molecule has 0 amide bonds. The Morgan fingerprint density at radius 3 is 2.21 bits per heavy atom. The zero-order valence-corrected chi connectivity index (χ0v) is 22.3. The number of aliphatic hydroxyl groups excluding tert-OH is 1. The molecule has 4 saturated carbocycles. The number of carboxylic acid groups (broad SMARTS) is 1. The smallest absolute Gasteiger partial charge is 0.310 e. The summed E-state index contributed by atoms with van der Waals surface area (Å²) in [6, 6.07) is 0. The van der Waals surface area contributed by atoms with Crippen LogP contribution >= 0.6 is 0 Å². The topological polar surface area (TPSA) is 57.5 Å². The maximum atomic E-state index is 12.8. The number of aliphatic carboxylic acids is 1. The molecule has 5 aliphatic carbocycles. The van der Waals surface area contributed by atoms with Crippen LogP contribution in [-0.2, 0) is 4.79 Å². The summed E-state index contributed by atoms with van der Waals surface area (Å²) >= 11 is 0. The van der Waals surface area contributed by atoms with Gasteiger partial charge in [-0.3, -0.25) is 4.79 Å². The molecule has 0 aromatic carbocycles. The van der Waals surface area contributed by atoms with Crippen molar-refractivity contribution in [1.82, 2.24) is 0 Å². The lowest BCUT2D eigenvalue weighted by atomic mass is 9.33. The minimum absolute atomic E-state index is 0.0301. The Morgan fingerprint density at radius 1 is 0.879 bits per heavy atom. The number of hydrogen-bond donors (Lipinski definition) is 2. The Kier molecular flexibility index (Phi) is 4.99. The quantitative estimate of drug-likeness (QED) is 0.409.